The summed E-state index contributed by atoms with van der Waals surface area (Å²) in [4.78, 5) is 22.7. The van der Waals surface area contributed by atoms with Crippen molar-refractivity contribution in [1.29, 1.82) is 0 Å². The molecule has 1 heterocycles. The Hall–Kier alpha value is -2.15. The summed E-state index contributed by atoms with van der Waals surface area (Å²) in [5, 5.41) is 19.9. The molecule has 1 aliphatic rings. The molecule has 20 heavy (non-hydrogen) atoms. The van der Waals surface area contributed by atoms with E-state index in [9.17, 15) is 20.0 Å². The van der Waals surface area contributed by atoms with Gasteiger partial charge in [-0.2, -0.15) is 0 Å². The van der Waals surface area contributed by atoms with Gasteiger partial charge in [0.25, 0.3) is 5.69 Å². The standard InChI is InChI=1S/C13H16N2O5/c1-13(2)14(12(16)17)11(8-20-13)7-9-3-5-10(6-4-9)15(18)19/h3-6,11H,7-8H2,1-2H3,(H,16,17). The zero-order valence-electron chi connectivity index (χ0n) is 11.3. The van der Waals surface area contributed by atoms with E-state index in [-0.39, 0.29) is 11.7 Å². The maximum absolute atomic E-state index is 11.3. The van der Waals surface area contributed by atoms with Gasteiger partial charge >= 0.3 is 6.09 Å². The number of non-ortho nitro benzene ring substituents is 1. The minimum Gasteiger partial charge on any atom is -0.465 e. The number of rotatable bonds is 3. The van der Waals surface area contributed by atoms with Crippen LogP contribution in [0, 0.1) is 10.1 Å². The Morgan fingerprint density at radius 1 is 1.50 bits per heavy atom. The van der Waals surface area contributed by atoms with Gasteiger partial charge in [0.05, 0.1) is 17.6 Å². The van der Waals surface area contributed by atoms with Gasteiger partial charge in [-0.15, -0.1) is 0 Å². The first-order valence-corrected chi connectivity index (χ1v) is 6.21. The zero-order chi connectivity index (χ0) is 14.9. The van der Waals surface area contributed by atoms with Crippen molar-refractivity contribution in [2.24, 2.45) is 0 Å². The second-order valence-corrected chi connectivity index (χ2v) is 5.19. The highest BCUT2D eigenvalue weighted by Gasteiger charge is 2.43. The predicted octanol–water partition coefficient (Wildman–Crippen LogP) is 2.25. The molecule has 1 N–H and O–H groups in total. The van der Waals surface area contributed by atoms with Crippen molar-refractivity contribution in [3.63, 3.8) is 0 Å². The molecule has 1 atom stereocenters. The Labute approximate surface area is 115 Å². The maximum Gasteiger partial charge on any atom is 0.409 e. The summed E-state index contributed by atoms with van der Waals surface area (Å²) in [7, 11) is 0. The maximum atomic E-state index is 11.3. The molecule has 108 valence electrons. The number of carbonyl (C=O) groups is 1. The normalized spacial score (nSPS) is 20.9. The van der Waals surface area contributed by atoms with Crippen molar-refractivity contribution < 1.29 is 19.6 Å². The molecular weight excluding hydrogens is 264 g/mol. The molecule has 1 aromatic rings. The Bertz CT molecular complexity index is 526. The van der Waals surface area contributed by atoms with E-state index in [4.69, 9.17) is 4.74 Å². The van der Waals surface area contributed by atoms with E-state index in [1.165, 1.54) is 17.0 Å². The second kappa shape index (κ2) is 5.09. The fourth-order valence-electron chi connectivity index (χ4n) is 2.45. The molecule has 0 bridgehead atoms. The lowest BCUT2D eigenvalue weighted by Crippen LogP contribution is -2.47. The lowest BCUT2D eigenvalue weighted by atomic mass is 10.0. The summed E-state index contributed by atoms with van der Waals surface area (Å²) < 4.78 is 5.50. The van der Waals surface area contributed by atoms with Crippen LogP contribution in [-0.4, -0.2) is 39.4 Å². The van der Waals surface area contributed by atoms with E-state index in [2.05, 4.69) is 0 Å². The average molecular weight is 280 g/mol. The Balaban J connectivity index is 2.13. The van der Waals surface area contributed by atoms with Gasteiger partial charge in [-0.3, -0.25) is 15.0 Å². The van der Waals surface area contributed by atoms with Crippen molar-refractivity contribution in [3.8, 4) is 0 Å². The number of hydrogen-bond acceptors (Lipinski definition) is 4. The molecule has 2 rings (SSSR count). The molecule has 1 saturated heterocycles. The van der Waals surface area contributed by atoms with Crippen molar-refractivity contribution >= 4 is 11.8 Å². The smallest absolute Gasteiger partial charge is 0.409 e. The Kier molecular flexibility index (Phi) is 3.63. The van der Waals surface area contributed by atoms with Crippen LogP contribution < -0.4 is 0 Å². The van der Waals surface area contributed by atoms with Gasteiger partial charge in [-0.1, -0.05) is 12.1 Å². The van der Waals surface area contributed by atoms with Gasteiger partial charge < -0.3 is 9.84 Å². The number of nitro groups is 1. The first-order valence-electron chi connectivity index (χ1n) is 6.21. The monoisotopic (exact) mass is 280 g/mol. The summed E-state index contributed by atoms with van der Waals surface area (Å²) in [6.07, 6.45) is -0.562. The molecular formula is C13H16N2O5. The lowest BCUT2D eigenvalue weighted by molar-refractivity contribution is -0.384. The molecule has 1 aromatic carbocycles. The SMILES string of the molecule is CC1(C)OCC(Cc2ccc([N+](=O)[O-])cc2)N1C(=O)O. The molecule has 1 aliphatic heterocycles. The van der Waals surface area contributed by atoms with Crippen LogP contribution in [0.4, 0.5) is 10.5 Å². The first kappa shape index (κ1) is 14.3. The predicted molar refractivity (Wildman–Crippen MR) is 70.5 cm³/mol. The number of carboxylic acid groups (broad SMARTS) is 1. The van der Waals surface area contributed by atoms with E-state index in [1.54, 1.807) is 26.0 Å². The van der Waals surface area contributed by atoms with Crippen LogP contribution in [0.1, 0.15) is 19.4 Å². The average Bonchev–Trinajstić information content (AvgIpc) is 2.65. The van der Waals surface area contributed by atoms with E-state index >= 15 is 0 Å². The first-order chi connectivity index (χ1) is 9.31. The van der Waals surface area contributed by atoms with E-state index in [1.807, 2.05) is 0 Å². The summed E-state index contributed by atoms with van der Waals surface area (Å²) in [6, 6.07) is 5.83. The fourth-order valence-corrected chi connectivity index (χ4v) is 2.45. The molecule has 0 aromatic heterocycles. The Morgan fingerprint density at radius 2 is 2.10 bits per heavy atom. The molecule has 1 amide bonds. The molecule has 1 fully saturated rings. The topological polar surface area (TPSA) is 92.9 Å². The quantitative estimate of drug-likeness (QED) is 0.677. The zero-order valence-corrected chi connectivity index (χ0v) is 11.3. The fraction of sp³-hybridized carbons (Fsp3) is 0.462. The largest absolute Gasteiger partial charge is 0.465 e. The van der Waals surface area contributed by atoms with Crippen LogP contribution in [0.2, 0.25) is 0 Å². The van der Waals surface area contributed by atoms with Gasteiger partial charge in [-0.05, 0) is 25.8 Å². The van der Waals surface area contributed by atoms with E-state index < -0.39 is 16.7 Å². The lowest BCUT2D eigenvalue weighted by Gasteiger charge is -2.30. The highest BCUT2D eigenvalue weighted by Crippen LogP contribution is 2.29. The number of benzene rings is 1. The molecule has 1 unspecified atom stereocenters. The van der Waals surface area contributed by atoms with Gasteiger partial charge in [0, 0.05) is 12.1 Å². The third-order valence-corrected chi connectivity index (χ3v) is 3.40. The van der Waals surface area contributed by atoms with Gasteiger partial charge in [-0.25, -0.2) is 4.79 Å². The molecule has 0 aliphatic carbocycles. The number of nitro benzene ring substituents is 1. The third-order valence-electron chi connectivity index (χ3n) is 3.40. The minimum atomic E-state index is -1.03. The number of ether oxygens (including phenoxy) is 1. The molecule has 7 nitrogen and oxygen atoms in total. The van der Waals surface area contributed by atoms with Gasteiger partial charge in [0.2, 0.25) is 0 Å². The molecule has 0 radical (unpaired) electrons. The third kappa shape index (κ3) is 2.72. The van der Waals surface area contributed by atoms with Crippen LogP contribution in [0.15, 0.2) is 24.3 Å². The summed E-state index contributed by atoms with van der Waals surface area (Å²) >= 11 is 0. The minimum absolute atomic E-state index is 0.0202. The molecule has 0 spiro atoms. The summed E-state index contributed by atoms with van der Waals surface area (Å²) in [5.41, 5.74) is 0.0112. The van der Waals surface area contributed by atoms with Crippen molar-refractivity contribution in [2.45, 2.75) is 32.0 Å². The highest BCUT2D eigenvalue weighted by molar-refractivity contribution is 5.66. The van der Waals surface area contributed by atoms with E-state index in [0.717, 1.165) is 5.56 Å². The summed E-state index contributed by atoms with van der Waals surface area (Å²) in [6.45, 7) is 3.73. The van der Waals surface area contributed by atoms with Crippen LogP contribution in [0.25, 0.3) is 0 Å². The summed E-state index contributed by atoms with van der Waals surface area (Å²) in [5.74, 6) is 0. The van der Waals surface area contributed by atoms with Crippen LogP contribution in [0.3, 0.4) is 0 Å². The van der Waals surface area contributed by atoms with E-state index in [0.29, 0.717) is 13.0 Å². The van der Waals surface area contributed by atoms with Crippen molar-refractivity contribution in [3.05, 3.63) is 39.9 Å². The second-order valence-electron chi connectivity index (χ2n) is 5.19. The highest BCUT2D eigenvalue weighted by atomic mass is 16.6. The molecule has 7 heteroatoms. The molecule has 0 saturated carbocycles. The number of amides is 1. The van der Waals surface area contributed by atoms with Crippen LogP contribution in [-0.2, 0) is 11.2 Å². The van der Waals surface area contributed by atoms with Gasteiger partial charge in [0.1, 0.15) is 5.72 Å². The van der Waals surface area contributed by atoms with Gasteiger partial charge in [0.15, 0.2) is 0 Å². The van der Waals surface area contributed by atoms with Crippen LogP contribution >= 0.6 is 0 Å². The van der Waals surface area contributed by atoms with Crippen molar-refractivity contribution in [1.82, 2.24) is 4.90 Å². The number of hydrogen-bond donors (Lipinski definition) is 1. The van der Waals surface area contributed by atoms with Crippen molar-refractivity contribution in [2.75, 3.05) is 6.61 Å². The number of nitrogens with zero attached hydrogens (tertiary/aromatic N) is 2. The van der Waals surface area contributed by atoms with Crippen LogP contribution in [0.5, 0.6) is 0 Å². The Morgan fingerprint density at radius 3 is 2.60 bits per heavy atom.